The summed E-state index contributed by atoms with van der Waals surface area (Å²) in [6.07, 6.45) is 3.69. The van der Waals surface area contributed by atoms with Gasteiger partial charge in [0.1, 0.15) is 22.7 Å². The van der Waals surface area contributed by atoms with Crippen molar-refractivity contribution in [2.24, 2.45) is 0 Å². The molecular weight excluding hydrogens is 1730 g/mol. The standard InChI is InChI=1S/2C30H26N4.2C15H10O3.3C2H3N.2ClHO4.2Fe.O/c2*1-3-11-24(12-4-1)29-18-9-16-27(32-29)22-34(21-26-15-7-8-20-31-26)23-28-17-10-19-30(33-28)25-13-5-2-6-14-25;2*16-13-11-8-4-5-9-12(11)18-15(14(13)17)10-6-2-1-3-7-10;3*1-2-3;2*2-1(3,4)5;;;/h2*1-20H,21-23H2;2*1-9,17H;3*1H3;2*(H,2,3,4,5);;;/q;;;;;;;;;2*+3;-2/p-4. The Morgan fingerprint density at radius 1 is 0.294 bits per heavy atom. The predicted octanol–water partition coefficient (Wildman–Crippen LogP) is 9.84. The Kier molecular flexibility index (Phi) is 44.7. The van der Waals surface area contributed by atoms with E-state index in [2.05, 4.69) is 153 Å². The van der Waals surface area contributed by atoms with Gasteiger partial charge in [0.15, 0.2) is 10.9 Å². The average Bonchev–Trinajstić information content (AvgIpc) is 0.787. The van der Waals surface area contributed by atoms with Gasteiger partial charge in [-0.25, -0.2) is 37.3 Å². The number of pyridine rings is 6. The van der Waals surface area contributed by atoms with E-state index < -0.39 is 42.8 Å². The number of para-hydroxylation sites is 2. The summed E-state index contributed by atoms with van der Waals surface area (Å²) in [6.45, 7) is 8.54. The minimum atomic E-state index is -4.94. The molecule has 0 saturated heterocycles. The number of nitriles is 3. The summed E-state index contributed by atoms with van der Waals surface area (Å²) < 4.78 is 79.0. The SMILES string of the molecule is CC#N.CC#N.CC#N.O=c1c([O-])c(-c2ccccc2)oc2ccccc12.O=c1c([O-])c(-c2ccccc2)oc2ccccc12.[Fe+3].[Fe+3].[O-2].[O-][Cl+3]([O-])([O-])[O-].[O-][Cl+3]([O-])([O-])[O-].c1ccc(-c2cccc(CN(Cc3ccccn3)Cc3cccc(-c4ccccc4)n3)n2)cc1.c1ccc(-c2cccc(CN(Cc3ccccn3)Cc3cccc(-c4ccccc4)n3)n2)cc1. The third-order valence-electron chi connectivity index (χ3n) is 16.9. The molecule has 0 atom stereocenters. The second-order valence-electron chi connectivity index (χ2n) is 25.8. The number of aromatic nitrogens is 6. The number of halogens is 2. The van der Waals surface area contributed by atoms with E-state index in [1.54, 1.807) is 115 Å². The van der Waals surface area contributed by atoms with E-state index in [1.807, 2.05) is 122 Å². The molecule has 30 heteroatoms. The quantitative estimate of drug-likeness (QED) is 0.0721. The van der Waals surface area contributed by atoms with E-state index in [-0.39, 0.29) is 51.1 Å². The van der Waals surface area contributed by atoms with Gasteiger partial charge in [-0.05, 0) is 109 Å². The van der Waals surface area contributed by atoms with Gasteiger partial charge in [0.25, 0.3) is 0 Å². The van der Waals surface area contributed by atoms with Crippen molar-refractivity contribution in [3.8, 4) is 97.4 Å². The number of nitrogens with zero attached hydrogens (tertiary/aromatic N) is 11. The zero-order valence-electron chi connectivity index (χ0n) is 67.7. The average molecular weight is 1810 g/mol. The second kappa shape index (κ2) is 54.7. The Bertz CT molecular complexity index is 5590. The van der Waals surface area contributed by atoms with Gasteiger partial charge in [0, 0.05) is 106 Å². The molecule has 16 rings (SSSR count). The summed E-state index contributed by atoms with van der Waals surface area (Å²) in [7, 11) is -9.89. The molecule has 0 fully saturated rings. The first-order valence-electron chi connectivity index (χ1n) is 37.5. The molecule has 638 valence electrons. The molecule has 8 aromatic heterocycles. The molecule has 126 heavy (non-hydrogen) atoms. The maximum absolute atomic E-state index is 12.0. The van der Waals surface area contributed by atoms with Gasteiger partial charge in [0.05, 0.1) is 85.9 Å². The van der Waals surface area contributed by atoms with Gasteiger partial charge in [-0.1, -0.05) is 243 Å². The minimum Gasteiger partial charge on any atom is -2.00 e. The van der Waals surface area contributed by atoms with Crippen molar-refractivity contribution in [1.29, 1.82) is 15.8 Å². The van der Waals surface area contributed by atoms with E-state index in [9.17, 15) is 19.8 Å². The van der Waals surface area contributed by atoms with Crippen LogP contribution in [0.5, 0.6) is 11.5 Å². The maximum atomic E-state index is 12.0. The number of fused-ring (bicyclic) bond motifs is 2. The molecule has 0 unspecified atom stereocenters. The van der Waals surface area contributed by atoms with E-state index in [1.165, 1.54) is 20.8 Å². The normalized spacial score (nSPS) is 10.1. The number of benzene rings is 8. The summed E-state index contributed by atoms with van der Waals surface area (Å²) in [5, 5.41) is 46.6. The van der Waals surface area contributed by atoms with Crippen LogP contribution in [0.25, 0.3) is 89.6 Å². The minimum absolute atomic E-state index is 0. The first-order valence-corrected chi connectivity index (χ1v) is 40.0. The van der Waals surface area contributed by atoms with Crippen LogP contribution in [-0.4, -0.2) is 39.7 Å². The fourth-order valence-electron chi connectivity index (χ4n) is 11.9. The molecule has 0 aliphatic heterocycles. The van der Waals surface area contributed by atoms with Gasteiger partial charge < -0.3 is 24.5 Å². The molecule has 0 N–H and O–H groups in total. The zero-order chi connectivity index (χ0) is 88.2. The molecule has 0 amide bonds. The van der Waals surface area contributed by atoms with Gasteiger partial charge >= 0.3 is 34.1 Å². The summed E-state index contributed by atoms with van der Waals surface area (Å²) >= 11 is 0. The molecule has 0 aliphatic rings. The molecule has 8 aromatic carbocycles. The molecule has 26 nitrogen and oxygen atoms in total. The third kappa shape index (κ3) is 35.7. The van der Waals surface area contributed by atoms with Crippen molar-refractivity contribution in [2.75, 3.05) is 0 Å². The maximum Gasteiger partial charge on any atom is 3.00 e. The Balaban J connectivity index is 0.000000284. The zero-order valence-corrected chi connectivity index (χ0v) is 71.5. The van der Waals surface area contributed by atoms with Gasteiger partial charge in [-0.2, -0.15) is 15.8 Å². The van der Waals surface area contributed by atoms with Crippen LogP contribution in [0.15, 0.2) is 371 Å². The molecule has 0 bridgehead atoms. The largest absolute Gasteiger partial charge is 3.00 e. The first kappa shape index (κ1) is 103. The van der Waals surface area contributed by atoms with Crippen LogP contribution in [0.1, 0.15) is 54.9 Å². The molecule has 2 radical (unpaired) electrons. The Labute approximate surface area is 752 Å². The smallest absolute Gasteiger partial charge is 2.00 e. The van der Waals surface area contributed by atoms with Gasteiger partial charge in [0.2, 0.25) is 0 Å². The Morgan fingerprint density at radius 3 is 0.722 bits per heavy atom. The number of rotatable bonds is 18. The fraction of sp³-hybridized carbons (Fsp3) is 0.0938. The van der Waals surface area contributed by atoms with Crippen molar-refractivity contribution in [3.63, 3.8) is 0 Å². The van der Waals surface area contributed by atoms with Gasteiger partial charge in [-0.15, -0.1) is 20.5 Å². The van der Waals surface area contributed by atoms with Crippen LogP contribution < -0.4 is 58.3 Å². The van der Waals surface area contributed by atoms with E-state index in [0.29, 0.717) is 59.2 Å². The van der Waals surface area contributed by atoms with Crippen molar-refractivity contribution < 1.29 is 116 Å². The molecule has 16 aromatic rings. The van der Waals surface area contributed by atoms with Crippen molar-refractivity contribution in [2.45, 2.75) is 60.0 Å². The third-order valence-corrected chi connectivity index (χ3v) is 16.9. The first-order chi connectivity index (χ1) is 59.4. The van der Waals surface area contributed by atoms with Crippen molar-refractivity contribution in [1.82, 2.24) is 39.7 Å². The Morgan fingerprint density at radius 2 is 0.492 bits per heavy atom. The van der Waals surface area contributed by atoms with Crippen LogP contribution in [0.2, 0.25) is 0 Å². The van der Waals surface area contributed by atoms with E-state index in [0.717, 1.165) is 92.3 Å². The molecule has 0 aliphatic carbocycles. The van der Waals surface area contributed by atoms with Crippen molar-refractivity contribution >= 4 is 21.9 Å². The second-order valence-corrected chi connectivity index (χ2v) is 27.3. The molecular formula is C96H79Cl2Fe2N11O15. The van der Waals surface area contributed by atoms with Crippen LogP contribution in [0, 0.1) is 54.5 Å². The van der Waals surface area contributed by atoms with E-state index in [4.69, 9.17) is 81.8 Å². The summed E-state index contributed by atoms with van der Waals surface area (Å²) in [5.41, 5.74) is 15.7. The summed E-state index contributed by atoms with van der Waals surface area (Å²) in [6, 6.07) is 115. The molecule has 8 heterocycles. The molecule has 0 saturated carbocycles. The monoisotopic (exact) mass is 1810 g/mol. The topological polar surface area (TPSA) is 475 Å². The summed E-state index contributed by atoms with van der Waals surface area (Å²) in [5.74, 6) is -1.00. The summed E-state index contributed by atoms with van der Waals surface area (Å²) in [4.78, 5) is 57.5. The van der Waals surface area contributed by atoms with Crippen molar-refractivity contribution in [3.05, 3.63) is 407 Å². The number of hydrogen-bond acceptors (Lipinski definition) is 25. The van der Waals surface area contributed by atoms with Gasteiger partial charge in [-0.3, -0.25) is 49.3 Å². The number of hydrogen-bond donors (Lipinski definition) is 0. The van der Waals surface area contributed by atoms with E-state index >= 15 is 0 Å². The fourth-order valence-corrected chi connectivity index (χ4v) is 11.9. The van der Waals surface area contributed by atoms with Crippen LogP contribution in [-0.2, 0) is 78.9 Å². The van der Waals surface area contributed by atoms with Crippen LogP contribution in [0.4, 0.5) is 0 Å². The molecule has 0 spiro atoms. The Hall–Kier alpha value is -13.7. The van der Waals surface area contributed by atoms with Crippen LogP contribution >= 0.6 is 0 Å². The van der Waals surface area contributed by atoms with Crippen LogP contribution in [0.3, 0.4) is 0 Å². The predicted molar refractivity (Wildman–Crippen MR) is 442 cm³/mol.